The molecule has 0 rings (SSSR count). The van der Waals surface area contributed by atoms with Crippen LogP contribution >= 0.6 is 0 Å². The highest BCUT2D eigenvalue weighted by atomic mass is 28.4. The molecule has 0 saturated heterocycles. The van der Waals surface area contributed by atoms with Crippen LogP contribution in [-0.2, 0) is 9.22 Å². The average Bonchev–Trinajstić information content (AvgIpc) is 2.10. The average molecular weight is 259 g/mol. The Morgan fingerprint density at radius 2 is 1.59 bits per heavy atom. The second-order valence-corrected chi connectivity index (χ2v) is 11.5. The molecule has 0 spiro atoms. The van der Waals surface area contributed by atoms with Crippen LogP contribution in [0.3, 0.4) is 0 Å². The molecule has 1 amide bonds. The van der Waals surface area contributed by atoms with Crippen molar-refractivity contribution in [3.05, 3.63) is 0 Å². The molecule has 0 radical (unpaired) electrons. The Bertz CT molecular complexity index is 269. The molecule has 2 atom stereocenters. The zero-order valence-corrected chi connectivity index (χ0v) is 13.6. The van der Waals surface area contributed by atoms with Crippen LogP contribution in [0.25, 0.3) is 0 Å². The highest BCUT2D eigenvalue weighted by molar-refractivity contribution is 6.74. The Hall–Kier alpha value is -0.353. The summed E-state index contributed by atoms with van der Waals surface area (Å²) in [6, 6.07) is 0. The number of hydrogen-bond donors (Lipinski definition) is 1. The van der Waals surface area contributed by atoms with Crippen molar-refractivity contribution in [2.75, 3.05) is 0 Å². The molecule has 0 saturated carbocycles. The van der Waals surface area contributed by atoms with E-state index in [2.05, 4.69) is 47.7 Å². The lowest BCUT2D eigenvalue weighted by Gasteiger charge is -2.41. The van der Waals surface area contributed by atoms with E-state index in [-0.39, 0.29) is 23.0 Å². The van der Waals surface area contributed by atoms with E-state index in [4.69, 9.17) is 10.2 Å². The summed E-state index contributed by atoms with van der Waals surface area (Å²) in [6.45, 7) is 17.0. The summed E-state index contributed by atoms with van der Waals surface area (Å²) in [4.78, 5) is 11.3. The Labute approximate surface area is 107 Å². The van der Waals surface area contributed by atoms with E-state index in [1.165, 1.54) is 0 Å². The summed E-state index contributed by atoms with van der Waals surface area (Å²) in [5.41, 5.74) is 5.40. The van der Waals surface area contributed by atoms with Gasteiger partial charge in [0.1, 0.15) is 0 Å². The molecule has 0 heterocycles. The van der Waals surface area contributed by atoms with Crippen LogP contribution in [0.4, 0.5) is 0 Å². The second kappa shape index (κ2) is 5.53. The predicted octanol–water partition coefficient (Wildman–Crippen LogP) is 3.15. The van der Waals surface area contributed by atoms with E-state index in [0.29, 0.717) is 5.92 Å². The van der Waals surface area contributed by atoms with Gasteiger partial charge in [0.15, 0.2) is 8.32 Å². The Kier molecular flexibility index (Phi) is 5.41. The normalized spacial score (nSPS) is 17.0. The molecular formula is C13H29NO2Si. The standard InChI is InChI=1S/C13H29NO2Si/c1-9(2)11(10(3)12(14)15)16-17(7,8)13(4,5)6/h9-11H,1-8H3,(H2,14,15). The maximum atomic E-state index is 11.3. The third kappa shape index (κ3) is 4.43. The van der Waals surface area contributed by atoms with Crippen LogP contribution in [0.2, 0.25) is 18.1 Å². The van der Waals surface area contributed by atoms with Gasteiger partial charge < -0.3 is 10.2 Å². The fourth-order valence-electron chi connectivity index (χ4n) is 1.49. The molecule has 0 fully saturated rings. The van der Waals surface area contributed by atoms with Gasteiger partial charge in [-0.15, -0.1) is 0 Å². The third-order valence-electron chi connectivity index (χ3n) is 3.84. The highest BCUT2D eigenvalue weighted by Crippen LogP contribution is 2.39. The smallest absolute Gasteiger partial charge is 0.222 e. The first-order chi connectivity index (χ1) is 7.40. The van der Waals surface area contributed by atoms with E-state index >= 15 is 0 Å². The van der Waals surface area contributed by atoms with Gasteiger partial charge in [-0.2, -0.15) is 0 Å². The molecule has 17 heavy (non-hydrogen) atoms. The van der Waals surface area contributed by atoms with Crippen molar-refractivity contribution in [1.29, 1.82) is 0 Å². The summed E-state index contributed by atoms with van der Waals surface area (Å²) in [5.74, 6) is -0.210. The molecule has 0 aromatic rings. The lowest BCUT2D eigenvalue weighted by Crippen LogP contribution is -2.49. The van der Waals surface area contributed by atoms with Gasteiger partial charge in [0, 0.05) is 0 Å². The maximum Gasteiger partial charge on any atom is 0.222 e. The molecule has 4 heteroatoms. The first kappa shape index (κ1) is 16.6. The predicted molar refractivity (Wildman–Crippen MR) is 75.3 cm³/mol. The highest BCUT2D eigenvalue weighted by Gasteiger charge is 2.41. The molecule has 0 bridgehead atoms. The number of carbonyl (C=O) groups excluding carboxylic acids is 1. The summed E-state index contributed by atoms with van der Waals surface area (Å²) >= 11 is 0. The van der Waals surface area contributed by atoms with E-state index in [1.54, 1.807) is 0 Å². The van der Waals surface area contributed by atoms with Crippen molar-refractivity contribution in [2.24, 2.45) is 17.6 Å². The monoisotopic (exact) mass is 259 g/mol. The van der Waals surface area contributed by atoms with Gasteiger partial charge in [0.2, 0.25) is 5.91 Å². The van der Waals surface area contributed by atoms with Crippen LogP contribution in [0.15, 0.2) is 0 Å². The number of amides is 1. The fourth-order valence-corrected chi connectivity index (χ4v) is 3.00. The van der Waals surface area contributed by atoms with E-state index in [0.717, 1.165) is 0 Å². The fraction of sp³-hybridized carbons (Fsp3) is 0.923. The lowest BCUT2D eigenvalue weighted by molar-refractivity contribution is -0.125. The molecule has 0 aromatic carbocycles. The van der Waals surface area contributed by atoms with E-state index in [9.17, 15) is 4.79 Å². The molecule has 102 valence electrons. The Balaban J connectivity index is 4.96. The SMILES string of the molecule is CC(C)C(O[Si](C)(C)C(C)(C)C)C(C)C(N)=O. The van der Waals surface area contributed by atoms with Crippen molar-refractivity contribution in [1.82, 2.24) is 0 Å². The molecule has 0 aliphatic rings. The van der Waals surface area contributed by atoms with E-state index in [1.807, 2.05) is 6.92 Å². The van der Waals surface area contributed by atoms with Gasteiger partial charge in [-0.3, -0.25) is 4.79 Å². The minimum atomic E-state index is -1.85. The van der Waals surface area contributed by atoms with Gasteiger partial charge in [0.05, 0.1) is 12.0 Å². The number of nitrogens with two attached hydrogens (primary N) is 1. The molecular weight excluding hydrogens is 230 g/mol. The Morgan fingerprint density at radius 1 is 1.18 bits per heavy atom. The number of carbonyl (C=O) groups is 1. The summed E-state index contributed by atoms with van der Waals surface area (Å²) < 4.78 is 6.32. The van der Waals surface area contributed by atoms with Crippen molar-refractivity contribution in [3.63, 3.8) is 0 Å². The third-order valence-corrected chi connectivity index (χ3v) is 8.31. The molecule has 0 aromatic heterocycles. The number of primary amides is 1. The van der Waals surface area contributed by atoms with Gasteiger partial charge in [-0.1, -0.05) is 41.5 Å². The quantitative estimate of drug-likeness (QED) is 0.771. The Morgan fingerprint density at radius 3 is 1.82 bits per heavy atom. The largest absolute Gasteiger partial charge is 0.413 e. The molecule has 3 nitrogen and oxygen atoms in total. The van der Waals surface area contributed by atoms with Crippen molar-refractivity contribution >= 4 is 14.2 Å². The van der Waals surface area contributed by atoms with Crippen LogP contribution < -0.4 is 5.73 Å². The topological polar surface area (TPSA) is 52.3 Å². The van der Waals surface area contributed by atoms with Crippen LogP contribution in [-0.4, -0.2) is 20.3 Å². The van der Waals surface area contributed by atoms with Gasteiger partial charge >= 0.3 is 0 Å². The molecule has 2 unspecified atom stereocenters. The van der Waals surface area contributed by atoms with Gasteiger partial charge in [-0.25, -0.2) is 0 Å². The number of rotatable bonds is 5. The summed E-state index contributed by atoms with van der Waals surface area (Å²) in [5, 5.41) is 0.150. The summed E-state index contributed by atoms with van der Waals surface area (Å²) in [6.07, 6.45) is -0.0756. The van der Waals surface area contributed by atoms with Crippen LogP contribution in [0.5, 0.6) is 0 Å². The first-order valence-corrected chi connectivity index (χ1v) is 9.28. The lowest BCUT2D eigenvalue weighted by atomic mass is 9.94. The van der Waals surface area contributed by atoms with Crippen molar-refractivity contribution in [3.8, 4) is 0 Å². The maximum absolute atomic E-state index is 11.3. The minimum Gasteiger partial charge on any atom is -0.413 e. The molecule has 0 aliphatic heterocycles. The van der Waals surface area contributed by atoms with Gasteiger partial charge in [-0.05, 0) is 24.1 Å². The first-order valence-electron chi connectivity index (χ1n) is 6.37. The molecule has 2 N–H and O–H groups in total. The molecule has 0 aliphatic carbocycles. The summed E-state index contributed by atoms with van der Waals surface area (Å²) in [7, 11) is -1.85. The van der Waals surface area contributed by atoms with Crippen LogP contribution in [0, 0.1) is 11.8 Å². The van der Waals surface area contributed by atoms with Crippen molar-refractivity contribution < 1.29 is 9.22 Å². The van der Waals surface area contributed by atoms with E-state index < -0.39 is 8.32 Å². The number of hydrogen-bond acceptors (Lipinski definition) is 2. The minimum absolute atomic E-state index is 0.0756. The zero-order chi connectivity index (χ0) is 14.0. The van der Waals surface area contributed by atoms with Crippen molar-refractivity contribution in [2.45, 2.75) is 65.8 Å². The second-order valence-electron chi connectivity index (χ2n) is 6.78. The van der Waals surface area contributed by atoms with Crippen LogP contribution in [0.1, 0.15) is 41.5 Å². The van der Waals surface area contributed by atoms with Gasteiger partial charge in [0.25, 0.3) is 0 Å². The zero-order valence-electron chi connectivity index (χ0n) is 12.6.